The summed E-state index contributed by atoms with van der Waals surface area (Å²) in [5.74, 6) is -0.782. The monoisotopic (exact) mass is 520 g/mol. The second-order valence-corrected chi connectivity index (χ2v) is 10.4. The lowest BCUT2D eigenvalue weighted by molar-refractivity contribution is 0.102. The number of hydrogen-bond donors (Lipinski definition) is 2. The first-order valence-corrected chi connectivity index (χ1v) is 13.7. The van der Waals surface area contributed by atoms with Crippen molar-refractivity contribution in [1.29, 1.82) is 0 Å². The number of nitrogens with zero attached hydrogens (tertiary/aromatic N) is 6. The minimum absolute atomic E-state index is 0.0266. The highest BCUT2D eigenvalue weighted by atomic mass is 19.1. The van der Waals surface area contributed by atoms with E-state index in [0.717, 1.165) is 80.4 Å². The van der Waals surface area contributed by atoms with Crippen molar-refractivity contribution in [3.05, 3.63) is 53.5 Å². The molecule has 10 heteroatoms. The number of aryl methyl sites for hydroxylation is 2. The Bertz CT molecular complexity index is 1430. The maximum atomic E-state index is 15.0. The van der Waals surface area contributed by atoms with E-state index in [-0.39, 0.29) is 5.56 Å². The van der Waals surface area contributed by atoms with Crippen molar-refractivity contribution in [3.63, 3.8) is 0 Å². The van der Waals surface area contributed by atoms with Crippen LogP contribution in [0.4, 0.5) is 10.2 Å². The van der Waals surface area contributed by atoms with Gasteiger partial charge in [0.25, 0.3) is 5.91 Å². The second-order valence-electron chi connectivity index (χ2n) is 10.4. The quantitative estimate of drug-likeness (QED) is 0.274. The summed E-state index contributed by atoms with van der Waals surface area (Å²) < 4.78 is 18.8. The van der Waals surface area contributed by atoms with E-state index in [0.29, 0.717) is 17.5 Å². The normalized spacial score (nSPS) is 16.2. The summed E-state index contributed by atoms with van der Waals surface area (Å²) in [6.07, 6.45) is 14.2. The number of likely N-dealkylation sites (tertiary alicyclic amines) is 1. The summed E-state index contributed by atoms with van der Waals surface area (Å²) in [5.41, 5.74) is 8.76. The SMILES string of the molecule is Cc1nn(CCCCCCCCN)c2cc(C(=O)Nc3cn4cc([C@H]5CCCN5C)nc4cn3)c(F)cc12. The van der Waals surface area contributed by atoms with Crippen LogP contribution >= 0.6 is 0 Å². The van der Waals surface area contributed by atoms with E-state index < -0.39 is 11.7 Å². The summed E-state index contributed by atoms with van der Waals surface area (Å²) in [4.78, 5) is 24.5. The first-order valence-electron chi connectivity index (χ1n) is 13.7. The maximum Gasteiger partial charge on any atom is 0.259 e. The van der Waals surface area contributed by atoms with Crippen molar-refractivity contribution < 1.29 is 9.18 Å². The number of nitrogens with two attached hydrogens (primary N) is 1. The predicted molar refractivity (Wildman–Crippen MR) is 147 cm³/mol. The van der Waals surface area contributed by atoms with Crippen LogP contribution in [0.5, 0.6) is 0 Å². The molecule has 5 rings (SSSR count). The van der Waals surface area contributed by atoms with Gasteiger partial charge in [-0.15, -0.1) is 0 Å². The van der Waals surface area contributed by atoms with Gasteiger partial charge < -0.3 is 15.5 Å². The van der Waals surface area contributed by atoms with Gasteiger partial charge in [0.15, 0.2) is 5.65 Å². The molecule has 0 aliphatic carbocycles. The zero-order valence-electron chi connectivity index (χ0n) is 22.3. The molecule has 38 heavy (non-hydrogen) atoms. The Kier molecular flexibility index (Phi) is 7.99. The summed E-state index contributed by atoms with van der Waals surface area (Å²) in [6.45, 7) is 4.40. The molecule has 4 aromatic rings. The van der Waals surface area contributed by atoms with Gasteiger partial charge in [-0.2, -0.15) is 5.10 Å². The molecule has 0 unspecified atom stereocenters. The Hall–Kier alpha value is -3.37. The molecule has 1 aromatic carbocycles. The van der Waals surface area contributed by atoms with Gasteiger partial charge in [-0.25, -0.2) is 14.4 Å². The average Bonchev–Trinajstić information content (AvgIpc) is 3.59. The summed E-state index contributed by atoms with van der Waals surface area (Å²) in [5, 5.41) is 8.10. The molecule has 0 radical (unpaired) electrons. The van der Waals surface area contributed by atoms with Crippen LogP contribution in [0.3, 0.4) is 0 Å². The first kappa shape index (κ1) is 26.2. The molecule has 3 N–H and O–H groups in total. The van der Waals surface area contributed by atoms with Gasteiger partial charge in [-0.3, -0.25) is 14.4 Å². The van der Waals surface area contributed by atoms with Crippen LogP contribution in [0.1, 0.15) is 79.2 Å². The zero-order chi connectivity index (χ0) is 26.6. The molecule has 0 bridgehead atoms. The van der Waals surface area contributed by atoms with Gasteiger partial charge in [0, 0.05) is 18.1 Å². The molecule has 202 valence electrons. The molecule has 1 atom stereocenters. The Morgan fingerprint density at radius 1 is 1.16 bits per heavy atom. The van der Waals surface area contributed by atoms with Crippen LogP contribution < -0.4 is 11.1 Å². The van der Waals surface area contributed by atoms with Crippen molar-refractivity contribution in [2.45, 2.75) is 70.9 Å². The molecule has 1 saturated heterocycles. The molecule has 0 spiro atoms. The van der Waals surface area contributed by atoms with Gasteiger partial charge in [0.1, 0.15) is 11.6 Å². The van der Waals surface area contributed by atoms with E-state index in [4.69, 9.17) is 10.7 Å². The van der Waals surface area contributed by atoms with E-state index in [1.807, 2.05) is 22.2 Å². The highest BCUT2D eigenvalue weighted by Gasteiger charge is 2.25. The second kappa shape index (κ2) is 11.6. The van der Waals surface area contributed by atoms with E-state index >= 15 is 4.39 Å². The Morgan fingerprint density at radius 2 is 1.95 bits per heavy atom. The molecule has 1 fully saturated rings. The fraction of sp³-hybridized carbons (Fsp3) is 0.500. The van der Waals surface area contributed by atoms with Crippen LogP contribution in [-0.2, 0) is 6.54 Å². The van der Waals surface area contributed by atoms with Crippen molar-refractivity contribution in [1.82, 2.24) is 29.0 Å². The lowest BCUT2D eigenvalue weighted by atomic mass is 10.1. The Balaban J connectivity index is 1.30. The van der Waals surface area contributed by atoms with Gasteiger partial charge in [0.05, 0.1) is 40.9 Å². The van der Waals surface area contributed by atoms with Crippen molar-refractivity contribution in [3.8, 4) is 0 Å². The number of benzene rings is 1. The van der Waals surface area contributed by atoms with E-state index in [1.165, 1.54) is 18.9 Å². The molecule has 0 saturated carbocycles. The average molecular weight is 521 g/mol. The summed E-state index contributed by atoms with van der Waals surface area (Å²) >= 11 is 0. The number of amides is 1. The number of hydrogen-bond acceptors (Lipinski definition) is 6. The van der Waals surface area contributed by atoms with Crippen molar-refractivity contribution in [2.24, 2.45) is 5.73 Å². The lowest BCUT2D eigenvalue weighted by Gasteiger charge is -2.16. The Labute approximate surface area is 222 Å². The van der Waals surface area contributed by atoms with Crippen LogP contribution in [0.25, 0.3) is 16.6 Å². The van der Waals surface area contributed by atoms with Crippen LogP contribution in [0, 0.1) is 12.7 Å². The van der Waals surface area contributed by atoms with E-state index in [1.54, 1.807) is 18.5 Å². The summed E-state index contributed by atoms with van der Waals surface area (Å²) in [7, 11) is 2.11. The standard InChI is InChI=1S/C28H37FN8O/c1-19-20-14-22(29)21(15-25(20)37(34-19)13-8-6-4-3-5-7-11-30)28(38)33-26-18-36-17-23(32-27(36)16-31-26)24-10-9-12-35(24)2/h14-18,24H,3-13,30H2,1-2H3,(H,33,38)/t24-/m1/s1. The fourth-order valence-electron chi connectivity index (χ4n) is 5.42. The number of carbonyl (C=O) groups excluding carboxylic acids is 1. The minimum Gasteiger partial charge on any atom is -0.330 e. The third-order valence-corrected chi connectivity index (χ3v) is 7.56. The molecule has 9 nitrogen and oxygen atoms in total. The largest absolute Gasteiger partial charge is 0.330 e. The smallest absolute Gasteiger partial charge is 0.259 e. The minimum atomic E-state index is -0.576. The third-order valence-electron chi connectivity index (χ3n) is 7.56. The molecule has 1 aliphatic heterocycles. The highest BCUT2D eigenvalue weighted by Crippen LogP contribution is 2.30. The van der Waals surface area contributed by atoms with Gasteiger partial charge in [0.2, 0.25) is 0 Å². The topological polar surface area (TPSA) is 106 Å². The molecule has 1 amide bonds. The number of imidazole rings is 1. The third kappa shape index (κ3) is 5.56. The molecule has 4 heterocycles. The van der Waals surface area contributed by atoms with Gasteiger partial charge >= 0.3 is 0 Å². The van der Waals surface area contributed by atoms with Crippen LogP contribution in [0.2, 0.25) is 0 Å². The molecular formula is C28H37FN8O. The number of aromatic nitrogens is 5. The molecular weight excluding hydrogens is 483 g/mol. The molecule has 1 aliphatic rings. The van der Waals surface area contributed by atoms with Crippen LogP contribution in [-0.4, -0.2) is 55.1 Å². The zero-order valence-corrected chi connectivity index (χ0v) is 22.3. The maximum absolute atomic E-state index is 15.0. The first-order chi connectivity index (χ1) is 18.4. The number of carbonyl (C=O) groups is 1. The number of nitrogens with one attached hydrogen (secondary N) is 1. The number of unbranched alkanes of at least 4 members (excludes halogenated alkanes) is 5. The molecule has 3 aromatic heterocycles. The van der Waals surface area contributed by atoms with E-state index in [2.05, 4.69) is 27.3 Å². The highest BCUT2D eigenvalue weighted by molar-refractivity contribution is 6.06. The van der Waals surface area contributed by atoms with Gasteiger partial charge in [-0.1, -0.05) is 25.7 Å². The number of rotatable bonds is 11. The number of fused-ring (bicyclic) bond motifs is 2. The Morgan fingerprint density at radius 3 is 2.71 bits per heavy atom. The number of halogens is 1. The number of anilines is 1. The summed E-state index contributed by atoms with van der Waals surface area (Å²) in [6, 6.07) is 3.30. The van der Waals surface area contributed by atoms with Crippen molar-refractivity contribution in [2.75, 3.05) is 25.5 Å². The van der Waals surface area contributed by atoms with Gasteiger partial charge in [-0.05, 0) is 64.9 Å². The fourth-order valence-corrected chi connectivity index (χ4v) is 5.42. The van der Waals surface area contributed by atoms with Crippen LogP contribution in [0.15, 0.2) is 30.7 Å². The lowest BCUT2D eigenvalue weighted by Crippen LogP contribution is -2.17. The predicted octanol–water partition coefficient (Wildman–Crippen LogP) is 4.84. The van der Waals surface area contributed by atoms with Crippen molar-refractivity contribution >= 4 is 28.3 Å². The van der Waals surface area contributed by atoms with E-state index in [9.17, 15) is 4.79 Å².